The number of rotatable bonds is 3. The van der Waals surface area contributed by atoms with Gasteiger partial charge in [0.2, 0.25) is 0 Å². The summed E-state index contributed by atoms with van der Waals surface area (Å²) in [5.74, 6) is 2.17. The molecule has 0 aliphatic carbocycles. The molecule has 0 atom stereocenters. The second-order valence-corrected chi connectivity index (χ2v) is 4.58. The van der Waals surface area contributed by atoms with Gasteiger partial charge in [-0.3, -0.25) is 0 Å². The first-order chi connectivity index (χ1) is 8.19. The number of nitrogens with two attached hydrogens (primary N) is 1. The van der Waals surface area contributed by atoms with Gasteiger partial charge in [-0.1, -0.05) is 28.1 Å². The van der Waals surface area contributed by atoms with Gasteiger partial charge in [0.15, 0.2) is 5.82 Å². The van der Waals surface area contributed by atoms with Crippen LogP contribution in [0.25, 0.3) is 11.4 Å². The zero-order valence-electron chi connectivity index (χ0n) is 9.52. The molecule has 2 aromatic rings. The van der Waals surface area contributed by atoms with Crippen molar-refractivity contribution in [2.45, 2.75) is 13.3 Å². The molecule has 1 aromatic carbocycles. The summed E-state index contributed by atoms with van der Waals surface area (Å²) in [5, 5.41) is 0. The molecule has 0 spiro atoms. The molecule has 0 unspecified atom stereocenters. The average Bonchev–Trinajstić information content (AvgIpc) is 2.29. The molecule has 0 radical (unpaired) electrons. The third-order valence-corrected chi connectivity index (χ3v) is 2.79. The highest BCUT2D eigenvalue weighted by Gasteiger charge is 2.05. The number of halogens is 1. The van der Waals surface area contributed by atoms with Gasteiger partial charge in [-0.25, -0.2) is 15.0 Å². The van der Waals surface area contributed by atoms with E-state index in [4.69, 9.17) is 5.73 Å². The lowest BCUT2D eigenvalue weighted by Gasteiger charge is -2.04. The van der Waals surface area contributed by atoms with E-state index in [0.717, 1.165) is 21.7 Å². The molecule has 0 aliphatic heterocycles. The zero-order chi connectivity index (χ0) is 12.3. The molecule has 88 valence electrons. The fourth-order valence-corrected chi connectivity index (χ4v) is 1.77. The van der Waals surface area contributed by atoms with Crippen LogP contribution in [0.15, 0.2) is 28.7 Å². The first-order valence-corrected chi connectivity index (χ1v) is 6.16. The fraction of sp³-hybridized carbons (Fsp3) is 0.250. The topological polar surface area (TPSA) is 64.7 Å². The van der Waals surface area contributed by atoms with Crippen LogP contribution in [0.5, 0.6) is 0 Å². The normalized spacial score (nSPS) is 10.5. The van der Waals surface area contributed by atoms with Crippen molar-refractivity contribution in [1.29, 1.82) is 0 Å². The van der Waals surface area contributed by atoms with Crippen molar-refractivity contribution in [3.05, 3.63) is 40.4 Å². The Labute approximate surface area is 108 Å². The van der Waals surface area contributed by atoms with Crippen LogP contribution in [-0.4, -0.2) is 21.5 Å². The molecule has 2 N–H and O–H groups in total. The van der Waals surface area contributed by atoms with Crippen molar-refractivity contribution in [2.24, 2.45) is 5.73 Å². The van der Waals surface area contributed by atoms with Gasteiger partial charge < -0.3 is 5.73 Å². The van der Waals surface area contributed by atoms with Crippen LogP contribution in [-0.2, 0) is 6.42 Å². The minimum absolute atomic E-state index is 0.545. The van der Waals surface area contributed by atoms with Crippen LogP contribution in [0.4, 0.5) is 0 Å². The van der Waals surface area contributed by atoms with E-state index in [1.165, 1.54) is 0 Å². The molecule has 2 rings (SSSR count). The Balaban J connectivity index is 2.40. The molecule has 0 aliphatic rings. The van der Waals surface area contributed by atoms with Crippen molar-refractivity contribution in [1.82, 2.24) is 15.0 Å². The third-order valence-electron chi connectivity index (χ3n) is 2.26. The highest BCUT2D eigenvalue weighted by molar-refractivity contribution is 9.10. The first kappa shape index (κ1) is 12.1. The largest absolute Gasteiger partial charge is 0.330 e. The van der Waals surface area contributed by atoms with Crippen molar-refractivity contribution >= 4 is 15.9 Å². The molecule has 0 amide bonds. The Bertz CT molecular complexity index is 510. The minimum Gasteiger partial charge on any atom is -0.330 e. The van der Waals surface area contributed by atoms with E-state index in [2.05, 4.69) is 30.9 Å². The lowest BCUT2D eigenvalue weighted by atomic mass is 10.2. The van der Waals surface area contributed by atoms with Crippen LogP contribution < -0.4 is 5.73 Å². The van der Waals surface area contributed by atoms with E-state index in [1.54, 1.807) is 0 Å². The molecule has 1 aromatic heterocycles. The molecule has 4 nitrogen and oxygen atoms in total. The molecule has 0 fully saturated rings. The Morgan fingerprint density at radius 1 is 1.12 bits per heavy atom. The van der Waals surface area contributed by atoms with Crippen LogP contribution in [0.1, 0.15) is 11.6 Å². The Kier molecular flexibility index (Phi) is 3.81. The highest BCUT2D eigenvalue weighted by Crippen LogP contribution is 2.18. The molecule has 0 saturated carbocycles. The van der Waals surface area contributed by atoms with Crippen LogP contribution in [0.2, 0.25) is 0 Å². The summed E-state index contributed by atoms with van der Waals surface area (Å²) >= 11 is 3.40. The lowest BCUT2D eigenvalue weighted by molar-refractivity contribution is 0.827. The molecule has 0 saturated heterocycles. The predicted molar refractivity (Wildman–Crippen MR) is 70.5 cm³/mol. The zero-order valence-corrected chi connectivity index (χ0v) is 11.1. The monoisotopic (exact) mass is 292 g/mol. The van der Waals surface area contributed by atoms with Crippen LogP contribution in [0, 0.1) is 6.92 Å². The number of benzene rings is 1. The molecular formula is C12H13BrN4. The molecule has 0 bridgehead atoms. The van der Waals surface area contributed by atoms with Gasteiger partial charge in [0.25, 0.3) is 0 Å². The lowest BCUT2D eigenvalue weighted by Crippen LogP contribution is -2.09. The number of aryl methyl sites for hydroxylation is 1. The fourth-order valence-electron chi connectivity index (χ4n) is 1.51. The average molecular weight is 293 g/mol. The number of hydrogen-bond acceptors (Lipinski definition) is 4. The van der Waals surface area contributed by atoms with Crippen molar-refractivity contribution in [2.75, 3.05) is 6.54 Å². The first-order valence-electron chi connectivity index (χ1n) is 5.36. The number of nitrogens with zero attached hydrogens (tertiary/aromatic N) is 3. The smallest absolute Gasteiger partial charge is 0.163 e. The van der Waals surface area contributed by atoms with Gasteiger partial charge in [-0.15, -0.1) is 0 Å². The summed E-state index contributed by atoms with van der Waals surface area (Å²) in [4.78, 5) is 13.0. The predicted octanol–water partition coefficient (Wildman–Crippen LogP) is 2.11. The van der Waals surface area contributed by atoms with E-state index in [-0.39, 0.29) is 0 Å². The van der Waals surface area contributed by atoms with Crippen LogP contribution >= 0.6 is 15.9 Å². The Hall–Kier alpha value is -1.33. The van der Waals surface area contributed by atoms with Gasteiger partial charge in [-0.2, -0.15) is 0 Å². The van der Waals surface area contributed by atoms with Gasteiger partial charge in [-0.05, 0) is 25.6 Å². The summed E-state index contributed by atoms with van der Waals surface area (Å²) in [6, 6.07) is 7.89. The van der Waals surface area contributed by atoms with E-state index < -0.39 is 0 Å². The Morgan fingerprint density at radius 3 is 2.47 bits per heavy atom. The van der Waals surface area contributed by atoms with E-state index in [0.29, 0.717) is 18.8 Å². The van der Waals surface area contributed by atoms with Gasteiger partial charge in [0, 0.05) is 16.5 Å². The number of hydrogen-bond donors (Lipinski definition) is 1. The standard InChI is InChI=1S/C12H13BrN4/c1-8-15-11(6-7-14)17-12(16-8)9-2-4-10(13)5-3-9/h2-5H,6-7,14H2,1H3. The third kappa shape index (κ3) is 3.08. The Morgan fingerprint density at radius 2 is 1.82 bits per heavy atom. The maximum absolute atomic E-state index is 5.51. The molecule has 5 heteroatoms. The van der Waals surface area contributed by atoms with E-state index >= 15 is 0 Å². The summed E-state index contributed by atoms with van der Waals surface area (Å²) in [7, 11) is 0. The molecular weight excluding hydrogens is 280 g/mol. The maximum Gasteiger partial charge on any atom is 0.163 e. The van der Waals surface area contributed by atoms with E-state index in [1.807, 2.05) is 31.2 Å². The summed E-state index contributed by atoms with van der Waals surface area (Å²) in [6.45, 7) is 2.41. The summed E-state index contributed by atoms with van der Waals surface area (Å²) in [5.41, 5.74) is 6.50. The molecule has 1 heterocycles. The van der Waals surface area contributed by atoms with Crippen molar-refractivity contribution < 1.29 is 0 Å². The van der Waals surface area contributed by atoms with Crippen molar-refractivity contribution in [3.8, 4) is 11.4 Å². The van der Waals surface area contributed by atoms with Gasteiger partial charge in [0.05, 0.1) is 0 Å². The van der Waals surface area contributed by atoms with E-state index in [9.17, 15) is 0 Å². The molecule has 17 heavy (non-hydrogen) atoms. The second-order valence-electron chi connectivity index (χ2n) is 3.67. The quantitative estimate of drug-likeness (QED) is 0.941. The van der Waals surface area contributed by atoms with Crippen molar-refractivity contribution in [3.63, 3.8) is 0 Å². The minimum atomic E-state index is 0.545. The maximum atomic E-state index is 5.51. The van der Waals surface area contributed by atoms with Gasteiger partial charge in [0.1, 0.15) is 11.6 Å². The van der Waals surface area contributed by atoms with Gasteiger partial charge >= 0.3 is 0 Å². The SMILES string of the molecule is Cc1nc(CCN)nc(-c2ccc(Br)cc2)n1. The number of aromatic nitrogens is 3. The highest BCUT2D eigenvalue weighted by atomic mass is 79.9. The second kappa shape index (κ2) is 5.33. The summed E-state index contributed by atoms with van der Waals surface area (Å²) < 4.78 is 1.04. The summed E-state index contributed by atoms with van der Waals surface area (Å²) in [6.07, 6.45) is 0.674. The van der Waals surface area contributed by atoms with Crippen LogP contribution in [0.3, 0.4) is 0 Å².